The predicted molar refractivity (Wildman–Crippen MR) is 69.8 cm³/mol. The van der Waals surface area contributed by atoms with E-state index in [1.54, 1.807) is 11.9 Å². The van der Waals surface area contributed by atoms with Crippen LogP contribution in [0.1, 0.15) is 18.4 Å². The van der Waals surface area contributed by atoms with Gasteiger partial charge in [0, 0.05) is 18.1 Å². The highest BCUT2D eigenvalue weighted by Gasteiger charge is 2.52. The average molecular weight is 298 g/mol. The van der Waals surface area contributed by atoms with Crippen molar-refractivity contribution in [2.24, 2.45) is 0 Å². The monoisotopic (exact) mass is 297 g/mol. The minimum atomic E-state index is -0.340. The Morgan fingerprint density at radius 1 is 1.53 bits per heavy atom. The number of benzene rings is 1. The summed E-state index contributed by atoms with van der Waals surface area (Å²) in [4.78, 5) is 13.9. The Balaban J connectivity index is 2.22. The van der Waals surface area contributed by atoms with Gasteiger partial charge in [0.1, 0.15) is 0 Å². The van der Waals surface area contributed by atoms with Crippen molar-refractivity contribution in [1.82, 2.24) is 4.90 Å². The number of carbonyl (C=O) groups is 1. The van der Waals surface area contributed by atoms with E-state index in [9.17, 15) is 4.79 Å². The largest absolute Gasteiger partial charge is 0.395 e. The predicted octanol–water partition coefficient (Wildman–Crippen LogP) is 1.93. The third-order valence-corrected chi connectivity index (χ3v) is 3.81. The van der Waals surface area contributed by atoms with E-state index in [-0.39, 0.29) is 17.9 Å². The van der Waals surface area contributed by atoms with Crippen LogP contribution in [0.2, 0.25) is 0 Å². The lowest BCUT2D eigenvalue weighted by molar-refractivity contribution is -0.133. The maximum Gasteiger partial charge on any atom is 0.233 e. The highest BCUT2D eigenvalue weighted by molar-refractivity contribution is 9.10. The summed E-state index contributed by atoms with van der Waals surface area (Å²) >= 11 is 3.43. The van der Waals surface area contributed by atoms with Crippen LogP contribution in [-0.2, 0) is 10.2 Å². The highest BCUT2D eigenvalue weighted by atomic mass is 79.9. The van der Waals surface area contributed by atoms with E-state index in [0.29, 0.717) is 6.54 Å². The van der Waals surface area contributed by atoms with Crippen LogP contribution in [0.3, 0.4) is 0 Å². The fourth-order valence-electron chi connectivity index (χ4n) is 2.15. The first-order valence-corrected chi connectivity index (χ1v) is 6.52. The lowest BCUT2D eigenvalue weighted by atomic mass is 9.94. The molecular formula is C13H16BrNO2. The van der Waals surface area contributed by atoms with E-state index in [1.807, 2.05) is 24.3 Å². The molecule has 1 aliphatic carbocycles. The SMILES string of the molecule is CN(CCO)C(=O)C1(c2cccc(Br)c2)CC1. The Kier molecular flexibility index (Phi) is 3.54. The van der Waals surface area contributed by atoms with E-state index in [4.69, 9.17) is 5.11 Å². The quantitative estimate of drug-likeness (QED) is 0.923. The summed E-state index contributed by atoms with van der Waals surface area (Å²) in [6.07, 6.45) is 1.80. The highest BCUT2D eigenvalue weighted by Crippen LogP contribution is 2.49. The van der Waals surface area contributed by atoms with Gasteiger partial charge in [-0.2, -0.15) is 0 Å². The molecule has 1 fully saturated rings. The van der Waals surface area contributed by atoms with Gasteiger partial charge >= 0.3 is 0 Å². The number of halogens is 1. The molecule has 1 saturated carbocycles. The summed E-state index contributed by atoms with van der Waals surface area (Å²) in [6.45, 7) is 0.408. The summed E-state index contributed by atoms with van der Waals surface area (Å²) in [7, 11) is 1.75. The molecule has 92 valence electrons. The third kappa shape index (κ3) is 2.38. The molecular weight excluding hydrogens is 282 g/mol. The lowest BCUT2D eigenvalue weighted by Gasteiger charge is -2.23. The van der Waals surface area contributed by atoms with Crippen LogP contribution in [0.15, 0.2) is 28.7 Å². The van der Waals surface area contributed by atoms with Crippen molar-refractivity contribution in [2.45, 2.75) is 18.3 Å². The molecule has 0 bridgehead atoms. The maximum absolute atomic E-state index is 12.3. The second kappa shape index (κ2) is 4.78. The molecule has 0 aliphatic heterocycles. The molecule has 0 unspecified atom stereocenters. The molecule has 1 aliphatic rings. The number of nitrogens with zero attached hydrogens (tertiary/aromatic N) is 1. The van der Waals surface area contributed by atoms with Gasteiger partial charge in [-0.1, -0.05) is 28.1 Å². The van der Waals surface area contributed by atoms with E-state index in [1.165, 1.54) is 0 Å². The third-order valence-electron chi connectivity index (χ3n) is 3.32. The Morgan fingerprint density at radius 2 is 2.24 bits per heavy atom. The summed E-state index contributed by atoms with van der Waals surface area (Å²) in [5.74, 6) is 0.115. The number of aliphatic hydroxyl groups is 1. The fraction of sp³-hybridized carbons (Fsp3) is 0.462. The smallest absolute Gasteiger partial charge is 0.233 e. The van der Waals surface area contributed by atoms with Gasteiger partial charge in [0.05, 0.1) is 12.0 Å². The van der Waals surface area contributed by atoms with E-state index < -0.39 is 0 Å². The van der Waals surface area contributed by atoms with Gasteiger partial charge in [-0.15, -0.1) is 0 Å². The molecule has 17 heavy (non-hydrogen) atoms. The summed E-state index contributed by atoms with van der Waals surface area (Å²) in [5, 5.41) is 8.88. The molecule has 0 radical (unpaired) electrons. The van der Waals surface area contributed by atoms with Gasteiger partial charge in [-0.3, -0.25) is 4.79 Å². The lowest BCUT2D eigenvalue weighted by Crippen LogP contribution is -2.38. The summed E-state index contributed by atoms with van der Waals surface area (Å²) < 4.78 is 0.999. The number of amides is 1. The molecule has 2 rings (SSSR count). The van der Waals surface area contributed by atoms with Crippen LogP contribution in [0, 0.1) is 0 Å². The Morgan fingerprint density at radius 3 is 2.76 bits per heavy atom. The van der Waals surface area contributed by atoms with Gasteiger partial charge in [-0.05, 0) is 30.5 Å². The zero-order valence-corrected chi connectivity index (χ0v) is 11.4. The number of rotatable bonds is 4. The maximum atomic E-state index is 12.3. The zero-order chi connectivity index (χ0) is 12.5. The van der Waals surface area contributed by atoms with Gasteiger partial charge in [0.2, 0.25) is 5.91 Å². The average Bonchev–Trinajstić information content (AvgIpc) is 3.09. The molecule has 0 heterocycles. The van der Waals surface area contributed by atoms with Gasteiger partial charge in [0.25, 0.3) is 0 Å². The first-order valence-electron chi connectivity index (χ1n) is 5.72. The van der Waals surface area contributed by atoms with Crippen LogP contribution in [0.5, 0.6) is 0 Å². The molecule has 1 aromatic rings. The Hall–Kier alpha value is -0.870. The van der Waals surface area contributed by atoms with Crippen molar-refractivity contribution in [3.05, 3.63) is 34.3 Å². The van der Waals surface area contributed by atoms with Crippen LogP contribution < -0.4 is 0 Å². The molecule has 0 atom stereocenters. The van der Waals surface area contributed by atoms with Crippen LogP contribution in [0.4, 0.5) is 0 Å². The minimum absolute atomic E-state index is 0.0107. The normalized spacial score (nSPS) is 16.6. The second-order valence-electron chi connectivity index (χ2n) is 4.54. The van der Waals surface area contributed by atoms with E-state index >= 15 is 0 Å². The van der Waals surface area contributed by atoms with Gasteiger partial charge in [0.15, 0.2) is 0 Å². The van der Waals surface area contributed by atoms with Crippen molar-refractivity contribution < 1.29 is 9.90 Å². The number of likely N-dealkylation sites (N-methyl/N-ethyl adjacent to an activating group) is 1. The zero-order valence-electron chi connectivity index (χ0n) is 9.82. The van der Waals surface area contributed by atoms with Crippen molar-refractivity contribution in [3.8, 4) is 0 Å². The first-order chi connectivity index (χ1) is 8.10. The summed E-state index contributed by atoms with van der Waals surface area (Å²) in [5.41, 5.74) is 0.731. The standard InChI is InChI=1S/C13H16BrNO2/c1-15(7-8-16)12(17)13(5-6-13)10-3-2-4-11(14)9-10/h2-4,9,16H,5-8H2,1H3. The fourth-order valence-corrected chi connectivity index (χ4v) is 2.55. The van der Waals surface area contributed by atoms with Gasteiger partial charge < -0.3 is 10.0 Å². The van der Waals surface area contributed by atoms with Crippen molar-refractivity contribution in [1.29, 1.82) is 0 Å². The molecule has 0 spiro atoms. The molecule has 1 N–H and O–H groups in total. The Labute approximate surface area is 110 Å². The summed E-state index contributed by atoms with van der Waals surface area (Å²) in [6, 6.07) is 7.93. The molecule has 1 amide bonds. The van der Waals surface area contributed by atoms with E-state index in [2.05, 4.69) is 15.9 Å². The van der Waals surface area contributed by atoms with Crippen molar-refractivity contribution in [3.63, 3.8) is 0 Å². The topological polar surface area (TPSA) is 40.5 Å². The number of carbonyl (C=O) groups excluding carboxylic acids is 1. The van der Waals surface area contributed by atoms with Crippen LogP contribution >= 0.6 is 15.9 Å². The van der Waals surface area contributed by atoms with Crippen molar-refractivity contribution >= 4 is 21.8 Å². The van der Waals surface area contributed by atoms with Crippen LogP contribution in [-0.4, -0.2) is 36.1 Å². The number of hydrogen-bond donors (Lipinski definition) is 1. The molecule has 0 saturated heterocycles. The van der Waals surface area contributed by atoms with Crippen molar-refractivity contribution in [2.75, 3.05) is 20.2 Å². The second-order valence-corrected chi connectivity index (χ2v) is 5.46. The minimum Gasteiger partial charge on any atom is -0.395 e. The van der Waals surface area contributed by atoms with Crippen LogP contribution in [0.25, 0.3) is 0 Å². The van der Waals surface area contributed by atoms with Gasteiger partial charge in [-0.25, -0.2) is 0 Å². The molecule has 3 nitrogen and oxygen atoms in total. The number of aliphatic hydroxyl groups excluding tert-OH is 1. The Bertz CT molecular complexity index is 429. The molecule has 4 heteroatoms. The molecule has 0 aromatic heterocycles. The number of hydrogen-bond acceptors (Lipinski definition) is 2. The van der Waals surface area contributed by atoms with E-state index in [0.717, 1.165) is 22.9 Å². The first kappa shape index (κ1) is 12.6. The molecule has 1 aromatic carbocycles.